The van der Waals surface area contributed by atoms with Crippen LogP contribution in [-0.4, -0.2) is 51.6 Å². The second-order valence-corrected chi connectivity index (χ2v) is 9.34. The first-order valence-electron chi connectivity index (χ1n) is 9.47. The molecule has 2 aromatic heterocycles. The maximum atomic E-state index is 15.0. The standard InChI is InChI=1S/C17H24ClF2N4O4P/c1-3-27-29(25,28-4-2)17(19,20)7-12-5-6-26-9-13(12)8-24-11-23-14-15(18)21-10-22-16(14)24/h10-13H,3-9H2,1-2H3/t12-,13+/m0/s1. The van der Waals surface area contributed by atoms with Gasteiger partial charge >= 0.3 is 13.3 Å². The van der Waals surface area contributed by atoms with E-state index in [4.69, 9.17) is 25.4 Å². The fraction of sp³-hybridized carbons (Fsp3) is 0.706. The van der Waals surface area contributed by atoms with Crippen molar-refractivity contribution >= 4 is 30.4 Å². The lowest BCUT2D eigenvalue weighted by atomic mass is 9.85. The molecular formula is C17H24ClF2N4O4P. The van der Waals surface area contributed by atoms with E-state index in [-0.39, 0.29) is 24.3 Å². The minimum Gasteiger partial charge on any atom is -0.381 e. The monoisotopic (exact) mass is 452 g/mol. The summed E-state index contributed by atoms with van der Waals surface area (Å²) in [7, 11) is -4.56. The van der Waals surface area contributed by atoms with Gasteiger partial charge in [-0.3, -0.25) is 4.57 Å². The maximum Gasteiger partial charge on any atom is 0.399 e. The van der Waals surface area contributed by atoms with Crippen molar-refractivity contribution in [2.24, 2.45) is 11.8 Å². The first kappa shape index (κ1) is 22.5. The van der Waals surface area contributed by atoms with E-state index in [1.54, 1.807) is 10.9 Å². The molecule has 3 heterocycles. The highest BCUT2D eigenvalue weighted by molar-refractivity contribution is 7.55. The molecule has 8 nitrogen and oxygen atoms in total. The summed E-state index contributed by atoms with van der Waals surface area (Å²) < 4.78 is 59.7. The smallest absolute Gasteiger partial charge is 0.381 e. The Bertz CT molecular complexity index is 874. The van der Waals surface area contributed by atoms with Gasteiger partial charge in [0.15, 0.2) is 10.8 Å². The van der Waals surface area contributed by atoms with Crippen molar-refractivity contribution < 1.29 is 27.1 Å². The van der Waals surface area contributed by atoms with Crippen molar-refractivity contribution in [3.05, 3.63) is 17.8 Å². The number of aromatic nitrogens is 4. The van der Waals surface area contributed by atoms with Crippen molar-refractivity contribution in [2.75, 3.05) is 26.4 Å². The third-order valence-electron chi connectivity index (χ3n) is 4.93. The molecule has 0 amide bonds. The van der Waals surface area contributed by atoms with Crippen molar-refractivity contribution in [2.45, 2.75) is 38.9 Å². The Hall–Kier alpha value is -1.19. The summed E-state index contributed by atoms with van der Waals surface area (Å²) in [5, 5.41) is 0.228. The van der Waals surface area contributed by atoms with Crippen LogP contribution in [0.15, 0.2) is 12.7 Å². The molecule has 1 saturated heterocycles. The number of fused-ring (bicyclic) bond motifs is 1. The Labute approximate surface area is 172 Å². The van der Waals surface area contributed by atoms with E-state index in [2.05, 4.69) is 15.0 Å². The van der Waals surface area contributed by atoms with Gasteiger partial charge in [-0.25, -0.2) is 15.0 Å². The summed E-state index contributed by atoms with van der Waals surface area (Å²) in [6, 6.07) is 0. The zero-order chi connectivity index (χ0) is 21.1. The molecule has 29 heavy (non-hydrogen) atoms. The average molecular weight is 453 g/mol. The fourth-order valence-corrected chi connectivity index (χ4v) is 5.31. The largest absolute Gasteiger partial charge is 0.399 e. The van der Waals surface area contributed by atoms with Crippen LogP contribution >= 0.6 is 19.2 Å². The topological polar surface area (TPSA) is 88.4 Å². The zero-order valence-corrected chi connectivity index (χ0v) is 17.9. The van der Waals surface area contributed by atoms with Crippen molar-refractivity contribution in [3.63, 3.8) is 0 Å². The second kappa shape index (κ2) is 9.31. The summed E-state index contributed by atoms with van der Waals surface area (Å²) in [5.74, 6) is -0.694. The normalized spacial score (nSPS) is 21.0. The number of hydrogen-bond acceptors (Lipinski definition) is 7. The van der Waals surface area contributed by atoms with Gasteiger partial charge in [-0.05, 0) is 26.2 Å². The highest BCUT2D eigenvalue weighted by atomic mass is 35.5. The molecule has 0 radical (unpaired) electrons. The number of hydrogen-bond donors (Lipinski definition) is 0. The predicted octanol–water partition coefficient (Wildman–Crippen LogP) is 4.38. The molecule has 1 fully saturated rings. The fourth-order valence-electron chi connectivity index (χ4n) is 3.54. The molecule has 2 atom stereocenters. The van der Waals surface area contributed by atoms with Gasteiger partial charge < -0.3 is 18.4 Å². The zero-order valence-electron chi connectivity index (χ0n) is 16.3. The SMILES string of the molecule is CCOP(=O)(OCC)C(F)(F)C[C@@H]1CCOC[C@H]1Cn1cnc2c(Cl)ncnc21. The summed E-state index contributed by atoms with van der Waals surface area (Å²) in [6.07, 6.45) is 2.69. The van der Waals surface area contributed by atoms with Gasteiger partial charge in [-0.15, -0.1) is 0 Å². The lowest BCUT2D eigenvalue weighted by molar-refractivity contribution is -0.0384. The first-order chi connectivity index (χ1) is 13.8. The van der Waals surface area contributed by atoms with Crippen LogP contribution in [0.3, 0.4) is 0 Å². The van der Waals surface area contributed by atoms with E-state index in [0.29, 0.717) is 37.3 Å². The molecule has 0 saturated carbocycles. The van der Waals surface area contributed by atoms with Crippen LogP contribution in [0.25, 0.3) is 11.2 Å². The van der Waals surface area contributed by atoms with Crippen molar-refractivity contribution in [3.8, 4) is 0 Å². The first-order valence-corrected chi connectivity index (χ1v) is 11.4. The summed E-state index contributed by atoms with van der Waals surface area (Å²) in [5.41, 5.74) is -2.62. The highest BCUT2D eigenvalue weighted by Gasteiger charge is 2.55. The number of nitrogens with zero attached hydrogens (tertiary/aromatic N) is 4. The molecule has 12 heteroatoms. The molecule has 0 N–H and O–H groups in total. The molecule has 162 valence electrons. The van der Waals surface area contributed by atoms with Gasteiger partial charge in [0.25, 0.3) is 0 Å². The number of rotatable bonds is 9. The molecule has 0 aliphatic carbocycles. The lowest BCUT2D eigenvalue weighted by Crippen LogP contribution is -2.35. The summed E-state index contributed by atoms with van der Waals surface area (Å²) in [4.78, 5) is 12.3. The quantitative estimate of drug-likeness (QED) is 0.412. The maximum absolute atomic E-state index is 15.0. The Morgan fingerprint density at radius 3 is 2.69 bits per heavy atom. The van der Waals surface area contributed by atoms with Crippen LogP contribution in [0.4, 0.5) is 8.78 Å². The Morgan fingerprint density at radius 1 is 1.28 bits per heavy atom. The molecule has 0 spiro atoms. The number of ether oxygens (including phenoxy) is 1. The van der Waals surface area contributed by atoms with Crippen LogP contribution in [0.5, 0.6) is 0 Å². The highest BCUT2D eigenvalue weighted by Crippen LogP contribution is 2.64. The summed E-state index contributed by atoms with van der Waals surface area (Å²) in [6.45, 7) is 3.80. The van der Waals surface area contributed by atoms with Crippen molar-refractivity contribution in [1.29, 1.82) is 0 Å². The molecule has 2 aromatic rings. The van der Waals surface area contributed by atoms with E-state index < -0.39 is 25.6 Å². The molecule has 1 aliphatic rings. The van der Waals surface area contributed by atoms with E-state index in [9.17, 15) is 13.3 Å². The minimum atomic E-state index is -4.56. The Balaban J connectivity index is 1.80. The third-order valence-corrected chi connectivity index (χ3v) is 7.38. The van der Waals surface area contributed by atoms with Gasteiger partial charge in [0.2, 0.25) is 0 Å². The second-order valence-electron chi connectivity index (χ2n) is 6.82. The van der Waals surface area contributed by atoms with Crippen LogP contribution in [0.2, 0.25) is 5.15 Å². The van der Waals surface area contributed by atoms with Gasteiger partial charge in [0, 0.05) is 25.5 Å². The number of alkyl halides is 2. The van der Waals surface area contributed by atoms with Gasteiger partial charge in [0.1, 0.15) is 11.8 Å². The Kier molecular flexibility index (Phi) is 7.22. The van der Waals surface area contributed by atoms with Crippen LogP contribution in [-0.2, 0) is 24.9 Å². The van der Waals surface area contributed by atoms with Crippen LogP contribution < -0.4 is 0 Å². The van der Waals surface area contributed by atoms with E-state index in [1.165, 1.54) is 20.2 Å². The van der Waals surface area contributed by atoms with E-state index in [0.717, 1.165) is 0 Å². The van der Waals surface area contributed by atoms with Gasteiger partial charge in [0.05, 0.1) is 26.1 Å². The van der Waals surface area contributed by atoms with Crippen LogP contribution in [0.1, 0.15) is 26.7 Å². The Morgan fingerprint density at radius 2 is 2.00 bits per heavy atom. The van der Waals surface area contributed by atoms with Crippen molar-refractivity contribution in [1.82, 2.24) is 19.5 Å². The van der Waals surface area contributed by atoms with Crippen LogP contribution in [0, 0.1) is 11.8 Å². The summed E-state index contributed by atoms with van der Waals surface area (Å²) >= 11 is 6.03. The third kappa shape index (κ3) is 4.77. The molecule has 1 aliphatic heterocycles. The number of imidazole rings is 1. The predicted molar refractivity (Wildman–Crippen MR) is 103 cm³/mol. The van der Waals surface area contributed by atoms with E-state index >= 15 is 0 Å². The minimum absolute atomic E-state index is 0.119. The van der Waals surface area contributed by atoms with Gasteiger partial charge in [-0.2, -0.15) is 8.78 Å². The number of halogens is 3. The van der Waals surface area contributed by atoms with Gasteiger partial charge in [-0.1, -0.05) is 11.6 Å². The molecule has 0 bridgehead atoms. The lowest BCUT2D eigenvalue weighted by Gasteiger charge is -2.35. The molecule has 3 rings (SSSR count). The average Bonchev–Trinajstić information content (AvgIpc) is 3.08. The molecule has 0 aromatic carbocycles. The van der Waals surface area contributed by atoms with E-state index in [1.807, 2.05) is 0 Å². The molecular weight excluding hydrogens is 429 g/mol. The molecule has 0 unspecified atom stereocenters.